The minimum absolute atomic E-state index is 0.0370. The molecule has 6 nitrogen and oxygen atoms in total. The molecule has 3 aromatic rings. The third kappa shape index (κ3) is 19.0. The van der Waals surface area contributed by atoms with Crippen LogP contribution in [0.5, 0.6) is 0 Å². The molecule has 0 radical (unpaired) electrons. The average molecular weight is 593 g/mol. The van der Waals surface area contributed by atoms with Gasteiger partial charge >= 0.3 is 5.97 Å². The Morgan fingerprint density at radius 1 is 0.628 bits per heavy atom. The number of carbonyl (C=O) groups is 3. The number of amides is 2. The van der Waals surface area contributed by atoms with Gasteiger partial charge in [-0.3, -0.25) is 9.59 Å². The molecular formula is C37H56N2O4. The molecule has 1 atom stereocenters. The summed E-state index contributed by atoms with van der Waals surface area (Å²) in [5.41, 5.74) is 4.24. The molecule has 0 saturated heterocycles. The van der Waals surface area contributed by atoms with Gasteiger partial charge in [-0.15, -0.1) is 0 Å². The van der Waals surface area contributed by atoms with E-state index in [9.17, 15) is 14.4 Å². The standard InChI is InChI=1S/C17H25NO3.C9H11NO.C7H8.2C2H6/c1-11(2)14(16(20)21-17(4,5)6)18-15(19)13-9-7-12(3)8-10-13;1-7-3-5-8(6-4-7)9(11)10-2;1-7-5-3-2-4-6-7;2*1-2/h7-11,14H,1-6H3,(H,18,19);3-6H,1-2H3,(H,10,11);2-6H,1H3;2*1-2H3. The van der Waals surface area contributed by atoms with Crippen molar-refractivity contribution in [2.45, 2.75) is 94.7 Å². The first-order valence-corrected chi connectivity index (χ1v) is 15.1. The summed E-state index contributed by atoms with van der Waals surface area (Å²) in [4.78, 5) is 35.4. The van der Waals surface area contributed by atoms with Crippen molar-refractivity contribution in [3.63, 3.8) is 0 Å². The summed E-state index contributed by atoms with van der Waals surface area (Å²) in [5.74, 6) is -0.753. The van der Waals surface area contributed by atoms with Gasteiger partial charge in [0, 0.05) is 18.2 Å². The highest BCUT2D eigenvalue weighted by molar-refractivity contribution is 5.97. The number of aryl methyl sites for hydroxylation is 3. The van der Waals surface area contributed by atoms with Crippen LogP contribution in [-0.2, 0) is 9.53 Å². The maximum Gasteiger partial charge on any atom is 0.329 e. The van der Waals surface area contributed by atoms with Crippen molar-refractivity contribution in [3.05, 3.63) is 107 Å². The number of nitrogens with one attached hydrogen (secondary N) is 2. The van der Waals surface area contributed by atoms with Crippen LogP contribution in [0.4, 0.5) is 0 Å². The van der Waals surface area contributed by atoms with E-state index in [1.807, 2.05) is 131 Å². The molecule has 0 spiro atoms. The molecule has 0 saturated carbocycles. The predicted molar refractivity (Wildman–Crippen MR) is 182 cm³/mol. The van der Waals surface area contributed by atoms with Gasteiger partial charge in [-0.05, 0) is 71.7 Å². The Morgan fingerprint density at radius 3 is 1.30 bits per heavy atom. The molecule has 2 N–H and O–H groups in total. The van der Waals surface area contributed by atoms with E-state index in [0.29, 0.717) is 11.1 Å². The average Bonchev–Trinajstić information content (AvgIpc) is 2.98. The van der Waals surface area contributed by atoms with Gasteiger partial charge in [0.2, 0.25) is 0 Å². The van der Waals surface area contributed by atoms with E-state index >= 15 is 0 Å². The molecular weight excluding hydrogens is 536 g/mol. The predicted octanol–water partition coefficient (Wildman–Crippen LogP) is 8.49. The molecule has 0 aliphatic carbocycles. The second kappa shape index (κ2) is 22.6. The first-order chi connectivity index (χ1) is 20.2. The molecule has 0 aliphatic heterocycles. The quantitative estimate of drug-likeness (QED) is 0.291. The Morgan fingerprint density at radius 2 is 1.00 bits per heavy atom. The minimum atomic E-state index is -0.655. The third-order valence-corrected chi connectivity index (χ3v) is 5.41. The molecule has 0 bridgehead atoms. The lowest BCUT2D eigenvalue weighted by atomic mass is 10.0. The minimum Gasteiger partial charge on any atom is -0.458 e. The number of ether oxygens (including phenoxy) is 1. The van der Waals surface area contributed by atoms with Crippen molar-refractivity contribution >= 4 is 17.8 Å². The number of esters is 1. The lowest BCUT2D eigenvalue weighted by molar-refractivity contribution is -0.158. The van der Waals surface area contributed by atoms with Gasteiger partial charge in [-0.2, -0.15) is 0 Å². The van der Waals surface area contributed by atoms with Gasteiger partial charge in [0.05, 0.1) is 0 Å². The zero-order valence-electron chi connectivity index (χ0n) is 28.8. The summed E-state index contributed by atoms with van der Waals surface area (Å²) < 4.78 is 5.36. The SMILES string of the molecule is CC.CC.CNC(=O)c1ccc(C)cc1.Cc1ccc(C(=O)NC(C(=O)OC(C)(C)C)C(C)C)cc1.Cc1ccccc1. The topological polar surface area (TPSA) is 84.5 Å². The van der Waals surface area contributed by atoms with Crippen LogP contribution >= 0.6 is 0 Å². The van der Waals surface area contributed by atoms with Gasteiger partial charge in [-0.25, -0.2) is 4.79 Å². The van der Waals surface area contributed by atoms with Crippen molar-refractivity contribution in [1.29, 1.82) is 0 Å². The fraction of sp³-hybridized carbons (Fsp3) is 0.432. The van der Waals surface area contributed by atoms with Crippen LogP contribution < -0.4 is 10.6 Å². The van der Waals surface area contributed by atoms with E-state index in [1.165, 1.54) is 5.56 Å². The smallest absolute Gasteiger partial charge is 0.329 e. The van der Waals surface area contributed by atoms with Crippen molar-refractivity contribution in [2.75, 3.05) is 7.05 Å². The molecule has 0 aliphatic rings. The van der Waals surface area contributed by atoms with Crippen LogP contribution in [0.3, 0.4) is 0 Å². The van der Waals surface area contributed by atoms with Crippen LogP contribution in [0.25, 0.3) is 0 Å². The van der Waals surface area contributed by atoms with E-state index < -0.39 is 17.6 Å². The zero-order chi connectivity index (χ0) is 33.6. The lowest BCUT2D eigenvalue weighted by Crippen LogP contribution is -2.47. The van der Waals surface area contributed by atoms with Crippen LogP contribution in [0.1, 0.15) is 99.7 Å². The summed E-state index contributed by atoms with van der Waals surface area (Å²) in [7, 11) is 1.63. The van der Waals surface area contributed by atoms with E-state index in [0.717, 1.165) is 11.1 Å². The Hall–Kier alpha value is -3.93. The van der Waals surface area contributed by atoms with Crippen LogP contribution in [-0.4, -0.2) is 36.5 Å². The molecule has 2 amide bonds. The fourth-order valence-electron chi connectivity index (χ4n) is 3.18. The number of hydrogen-bond acceptors (Lipinski definition) is 4. The van der Waals surface area contributed by atoms with Crippen molar-refractivity contribution in [1.82, 2.24) is 10.6 Å². The first kappa shape index (κ1) is 41.2. The van der Waals surface area contributed by atoms with Gasteiger partial charge in [-0.1, -0.05) is 113 Å². The lowest BCUT2D eigenvalue weighted by Gasteiger charge is -2.26. The number of hydrogen-bond donors (Lipinski definition) is 2. The molecule has 6 heteroatoms. The maximum atomic E-state index is 12.2. The normalized spacial score (nSPS) is 10.4. The Balaban J connectivity index is 0. The monoisotopic (exact) mass is 592 g/mol. The highest BCUT2D eigenvalue weighted by Gasteiger charge is 2.29. The second-order valence-electron chi connectivity index (χ2n) is 10.7. The van der Waals surface area contributed by atoms with Crippen LogP contribution in [0.15, 0.2) is 78.9 Å². The maximum absolute atomic E-state index is 12.2. The number of benzene rings is 3. The molecule has 0 aromatic heterocycles. The Labute approximate surface area is 261 Å². The number of carbonyl (C=O) groups excluding carboxylic acids is 3. The molecule has 238 valence electrons. The van der Waals surface area contributed by atoms with Gasteiger partial charge < -0.3 is 15.4 Å². The molecule has 43 heavy (non-hydrogen) atoms. The molecule has 0 fully saturated rings. The molecule has 0 heterocycles. The van der Waals surface area contributed by atoms with Crippen molar-refractivity contribution in [3.8, 4) is 0 Å². The van der Waals surface area contributed by atoms with Crippen molar-refractivity contribution < 1.29 is 19.1 Å². The molecule has 3 aromatic carbocycles. The Bertz CT molecular complexity index is 1160. The molecule has 3 rings (SSSR count). The van der Waals surface area contributed by atoms with Crippen molar-refractivity contribution in [2.24, 2.45) is 5.92 Å². The summed E-state index contributed by atoms with van der Waals surface area (Å²) in [5, 5.41) is 5.32. The highest BCUT2D eigenvalue weighted by Crippen LogP contribution is 2.13. The number of rotatable bonds is 5. The fourth-order valence-corrected chi connectivity index (χ4v) is 3.18. The highest BCUT2D eigenvalue weighted by atomic mass is 16.6. The van der Waals surface area contributed by atoms with E-state index in [1.54, 1.807) is 19.2 Å². The Kier molecular flexibility index (Phi) is 21.7. The van der Waals surface area contributed by atoms with E-state index in [4.69, 9.17) is 4.74 Å². The van der Waals surface area contributed by atoms with Gasteiger partial charge in [0.1, 0.15) is 11.6 Å². The molecule has 1 unspecified atom stereocenters. The van der Waals surface area contributed by atoms with E-state index in [2.05, 4.69) is 29.7 Å². The van der Waals surface area contributed by atoms with Crippen LogP contribution in [0, 0.1) is 26.7 Å². The summed E-state index contributed by atoms with van der Waals surface area (Å²) in [6.45, 7) is 23.2. The summed E-state index contributed by atoms with van der Waals surface area (Å²) >= 11 is 0. The van der Waals surface area contributed by atoms with Gasteiger partial charge in [0.15, 0.2) is 0 Å². The zero-order valence-corrected chi connectivity index (χ0v) is 28.8. The van der Waals surface area contributed by atoms with Crippen LogP contribution in [0.2, 0.25) is 0 Å². The van der Waals surface area contributed by atoms with Gasteiger partial charge in [0.25, 0.3) is 11.8 Å². The van der Waals surface area contributed by atoms with E-state index in [-0.39, 0.29) is 17.7 Å². The largest absolute Gasteiger partial charge is 0.458 e. The first-order valence-electron chi connectivity index (χ1n) is 15.1. The summed E-state index contributed by atoms with van der Waals surface area (Å²) in [6, 6.07) is 24.3. The summed E-state index contributed by atoms with van der Waals surface area (Å²) in [6.07, 6.45) is 0. The second-order valence-corrected chi connectivity index (χ2v) is 10.7. The third-order valence-electron chi connectivity index (χ3n) is 5.41.